The lowest BCUT2D eigenvalue weighted by atomic mass is 10.0. The Morgan fingerprint density at radius 1 is 0.769 bits per heavy atom. The minimum Gasteiger partial charge on any atom is -0.244 e. The molecule has 77 valence electrons. The van der Waals surface area contributed by atoms with Crippen molar-refractivity contribution < 1.29 is 9.50 Å². The Balaban J connectivity index is 2.26. The summed E-state index contributed by atoms with van der Waals surface area (Å²) in [5, 5.41) is 11.3. The Morgan fingerprint density at radius 2 is 1.23 bits per heavy atom. The Kier molecular flexibility index (Phi) is 5.37. The molecule has 0 aromatic rings. The molecule has 1 rings (SSSR count). The smallest absolute Gasteiger partial charge is 0.129 e. The molecule has 1 aliphatic rings. The topological polar surface area (TPSA) is 19.9 Å². The fourth-order valence-electron chi connectivity index (χ4n) is 1.94. The van der Waals surface area contributed by atoms with Gasteiger partial charge in [-0.1, -0.05) is 44.9 Å². The van der Waals surface area contributed by atoms with Crippen molar-refractivity contribution >= 4 is 0 Å². The molecular formula is C11H20FO. The standard InChI is InChI=1S/C11H20FO/c12-10-8-6-4-2-1-3-5-7-9-11(10)13/h10-11H,1-9H2. The van der Waals surface area contributed by atoms with Crippen LogP contribution in [0.1, 0.15) is 57.8 Å². The molecule has 13 heavy (non-hydrogen) atoms. The third-order valence-corrected chi connectivity index (χ3v) is 2.87. The zero-order valence-corrected chi connectivity index (χ0v) is 8.30. The number of alkyl halides is 1. The third kappa shape index (κ3) is 4.61. The van der Waals surface area contributed by atoms with Gasteiger partial charge in [-0.05, 0) is 12.8 Å². The van der Waals surface area contributed by atoms with Crippen molar-refractivity contribution in [1.29, 1.82) is 0 Å². The number of halogens is 1. The van der Waals surface area contributed by atoms with Crippen LogP contribution in [-0.4, -0.2) is 12.3 Å². The Bertz CT molecular complexity index is 113. The molecular weight excluding hydrogens is 167 g/mol. The minimum absolute atomic E-state index is 0.494. The lowest BCUT2D eigenvalue weighted by Gasteiger charge is -2.12. The average molecular weight is 187 g/mol. The summed E-state index contributed by atoms with van der Waals surface area (Å²) in [5.74, 6) is 0. The highest BCUT2D eigenvalue weighted by molar-refractivity contribution is 4.68. The molecule has 0 amide bonds. The van der Waals surface area contributed by atoms with Gasteiger partial charge in [-0.25, -0.2) is 9.50 Å². The molecule has 0 N–H and O–H groups in total. The molecule has 2 unspecified atom stereocenters. The van der Waals surface area contributed by atoms with Crippen molar-refractivity contribution in [2.45, 2.75) is 70.1 Å². The molecule has 0 aromatic carbocycles. The van der Waals surface area contributed by atoms with E-state index in [0.717, 1.165) is 25.7 Å². The van der Waals surface area contributed by atoms with Gasteiger partial charge in [-0.15, -0.1) is 0 Å². The van der Waals surface area contributed by atoms with Crippen LogP contribution < -0.4 is 0 Å². The van der Waals surface area contributed by atoms with Crippen LogP contribution in [0.15, 0.2) is 0 Å². The zero-order chi connectivity index (χ0) is 9.52. The van der Waals surface area contributed by atoms with Gasteiger partial charge in [0.2, 0.25) is 0 Å². The molecule has 0 aliphatic heterocycles. The highest BCUT2D eigenvalue weighted by Gasteiger charge is 2.19. The van der Waals surface area contributed by atoms with Crippen LogP contribution in [-0.2, 0) is 5.11 Å². The van der Waals surface area contributed by atoms with Gasteiger partial charge in [0.1, 0.15) is 12.3 Å². The molecule has 2 atom stereocenters. The van der Waals surface area contributed by atoms with Crippen LogP contribution in [0.4, 0.5) is 4.39 Å². The summed E-state index contributed by atoms with van der Waals surface area (Å²) < 4.78 is 13.2. The van der Waals surface area contributed by atoms with Gasteiger partial charge in [-0.2, -0.15) is 0 Å². The first-order valence-electron chi connectivity index (χ1n) is 5.60. The monoisotopic (exact) mass is 187 g/mol. The maximum Gasteiger partial charge on any atom is 0.129 e. The van der Waals surface area contributed by atoms with E-state index in [-0.39, 0.29) is 0 Å². The molecule has 1 aliphatic carbocycles. The Labute approximate surface area is 80.3 Å². The van der Waals surface area contributed by atoms with E-state index < -0.39 is 12.3 Å². The van der Waals surface area contributed by atoms with E-state index >= 15 is 0 Å². The molecule has 2 heteroatoms. The molecule has 1 nitrogen and oxygen atoms in total. The molecule has 0 saturated heterocycles. The first kappa shape index (κ1) is 11.0. The van der Waals surface area contributed by atoms with E-state index in [1.165, 1.54) is 19.3 Å². The number of hydrogen-bond donors (Lipinski definition) is 0. The summed E-state index contributed by atoms with van der Waals surface area (Å²) >= 11 is 0. The zero-order valence-electron chi connectivity index (χ0n) is 8.30. The Hall–Kier alpha value is -0.110. The van der Waals surface area contributed by atoms with Crippen molar-refractivity contribution in [3.8, 4) is 0 Å². The van der Waals surface area contributed by atoms with E-state index in [1.54, 1.807) is 0 Å². The van der Waals surface area contributed by atoms with Crippen LogP contribution >= 0.6 is 0 Å². The highest BCUT2D eigenvalue weighted by atomic mass is 19.1. The summed E-state index contributed by atoms with van der Waals surface area (Å²) in [5.41, 5.74) is 0. The van der Waals surface area contributed by atoms with Crippen molar-refractivity contribution in [3.63, 3.8) is 0 Å². The largest absolute Gasteiger partial charge is 0.244 e. The van der Waals surface area contributed by atoms with Crippen LogP contribution in [0.3, 0.4) is 0 Å². The summed E-state index contributed by atoms with van der Waals surface area (Å²) in [7, 11) is 0. The Morgan fingerprint density at radius 3 is 1.85 bits per heavy atom. The first-order chi connectivity index (χ1) is 6.30. The second kappa shape index (κ2) is 6.36. The molecule has 1 fully saturated rings. The van der Waals surface area contributed by atoms with Gasteiger partial charge in [-0.3, -0.25) is 0 Å². The second-order valence-electron chi connectivity index (χ2n) is 4.11. The fourth-order valence-corrected chi connectivity index (χ4v) is 1.94. The molecule has 0 spiro atoms. The summed E-state index contributed by atoms with van der Waals surface area (Å²) in [6.45, 7) is 0. The first-order valence-corrected chi connectivity index (χ1v) is 5.60. The third-order valence-electron chi connectivity index (χ3n) is 2.87. The lowest BCUT2D eigenvalue weighted by molar-refractivity contribution is 0.00609. The lowest BCUT2D eigenvalue weighted by Crippen LogP contribution is -2.20. The van der Waals surface area contributed by atoms with Gasteiger partial charge in [0.15, 0.2) is 0 Å². The van der Waals surface area contributed by atoms with E-state index in [4.69, 9.17) is 0 Å². The average Bonchev–Trinajstić information content (AvgIpc) is 2.16. The van der Waals surface area contributed by atoms with Crippen LogP contribution in [0.2, 0.25) is 0 Å². The predicted molar refractivity (Wildman–Crippen MR) is 50.9 cm³/mol. The second-order valence-corrected chi connectivity index (χ2v) is 4.11. The number of rotatable bonds is 0. The summed E-state index contributed by atoms with van der Waals surface area (Å²) in [6, 6.07) is 0. The molecule has 1 radical (unpaired) electrons. The summed E-state index contributed by atoms with van der Waals surface area (Å²) in [4.78, 5) is 0. The fraction of sp³-hybridized carbons (Fsp3) is 1.00. The molecule has 1 saturated carbocycles. The van der Waals surface area contributed by atoms with Crippen LogP contribution in [0.25, 0.3) is 0 Å². The van der Waals surface area contributed by atoms with E-state index in [1.807, 2.05) is 0 Å². The maximum absolute atomic E-state index is 13.2. The highest BCUT2D eigenvalue weighted by Crippen LogP contribution is 2.19. The van der Waals surface area contributed by atoms with Gasteiger partial charge in [0.05, 0.1) is 0 Å². The van der Waals surface area contributed by atoms with Crippen LogP contribution in [0.5, 0.6) is 0 Å². The van der Waals surface area contributed by atoms with Crippen LogP contribution in [0, 0.1) is 0 Å². The summed E-state index contributed by atoms with van der Waals surface area (Å²) in [6.07, 6.45) is 6.76. The maximum atomic E-state index is 13.2. The minimum atomic E-state index is -1.09. The van der Waals surface area contributed by atoms with E-state index in [9.17, 15) is 9.50 Å². The SMILES string of the molecule is [O]C1CCCCCCCCCC1F. The predicted octanol–water partition coefficient (Wildman–Crippen LogP) is 3.65. The molecule has 0 bridgehead atoms. The van der Waals surface area contributed by atoms with Crippen molar-refractivity contribution in [3.05, 3.63) is 0 Å². The van der Waals surface area contributed by atoms with Crippen molar-refractivity contribution in [1.82, 2.24) is 0 Å². The normalized spacial score (nSPS) is 33.7. The van der Waals surface area contributed by atoms with Gasteiger partial charge in [0, 0.05) is 0 Å². The molecule has 0 heterocycles. The number of hydrogen-bond acceptors (Lipinski definition) is 0. The van der Waals surface area contributed by atoms with Gasteiger partial charge in [0.25, 0.3) is 0 Å². The quantitative estimate of drug-likeness (QED) is 0.551. The van der Waals surface area contributed by atoms with Gasteiger partial charge < -0.3 is 0 Å². The van der Waals surface area contributed by atoms with Crippen molar-refractivity contribution in [2.75, 3.05) is 0 Å². The van der Waals surface area contributed by atoms with E-state index in [0.29, 0.717) is 12.8 Å². The van der Waals surface area contributed by atoms with Crippen molar-refractivity contribution in [2.24, 2.45) is 0 Å². The van der Waals surface area contributed by atoms with E-state index in [2.05, 4.69) is 0 Å². The molecule has 0 aromatic heterocycles. The van der Waals surface area contributed by atoms with Gasteiger partial charge >= 0.3 is 0 Å².